The van der Waals surface area contributed by atoms with Crippen molar-refractivity contribution in [2.45, 2.75) is 19.1 Å². The Kier molecular flexibility index (Phi) is 6.27. The van der Waals surface area contributed by atoms with Gasteiger partial charge in [0.1, 0.15) is 6.61 Å². The zero-order valence-corrected chi connectivity index (χ0v) is 12.6. The molecule has 0 bridgehead atoms. The van der Waals surface area contributed by atoms with Gasteiger partial charge in [0.15, 0.2) is 0 Å². The lowest BCUT2D eigenvalue weighted by Crippen LogP contribution is -2.31. The fraction of sp³-hybridized carbons (Fsp3) is 0.364. The smallest absolute Gasteiger partial charge is 0.327 e. The van der Waals surface area contributed by atoms with Gasteiger partial charge >= 0.3 is 12.7 Å². The molecule has 0 heterocycles. The van der Waals surface area contributed by atoms with E-state index in [9.17, 15) is 14.9 Å². The first-order chi connectivity index (χ1) is 8.89. The molecule has 0 aliphatic rings. The summed E-state index contributed by atoms with van der Waals surface area (Å²) in [6, 6.07) is 9.34. The number of esters is 1. The van der Waals surface area contributed by atoms with Crippen LogP contribution in [0.25, 0.3) is 0 Å². The number of benzene rings is 1. The van der Waals surface area contributed by atoms with Crippen molar-refractivity contribution in [1.29, 1.82) is 0 Å². The molecule has 104 valence electrons. The fourth-order valence-electron chi connectivity index (χ4n) is 1.36. The molecule has 0 aliphatic heterocycles. The van der Waals surface area contributed by atoms with Gasteiger partial charge in [-0.25, -0.2) is 0 Å². The maximum atomic E-state index is 11.5. The van der Waals surface area contributed by atoms with E-state index in [2.05, 4.69) is 0 Å². The molecule has 0 radical (unpaired) electrons. The lowest BCUT2D eigenvalue weighted by molar-refractivity contribution is -0.461. The minimum absolute atomic E-state index is 0.000103. The van der Waals surface area contributed by atoms with Crippen LogP contribution in [-0.4, -0.2) is 23.8 Å². The summed E-state index contributed by atoms with van der Waals surface area (Å²) in [5.74, 6) is -0.453. The Morgan fingerprint density at radius 1 is 1.32 bits per heavy atom. The molecule has 0 amide bonds. The number of carbonyl (C=O) groups is 1. The van der Waals surface area contributed by atoms with Crippen molar-refractivity contribution in [3.8, 4) is 0 Å². The van der Waals surface area contributed by atoms with Gasteiger partial charge in [-0.3, -0.25) is 14.9 Å². The molecule has 0 spiro atoms. The lowest BCUT2D eigenvalue weighted by Gasteiger charge is -2.11. The highest BCUT2D eigenvalue weighted by molar-refractivity contribution is 7.45. The van der Waals surface area contributed by atoms with E-state index in [4.69, 9.17) is 26.9 Å². The Morgan fingerprint density at radius 3 is 2.53 bits per heavy atom. The minimum atomic E-state index is -2.99. The molecule has 0 unspecified atom stereocenters. The number of halogens is 2. The molecule has 8 heteroatoms. The highest BCUT2D eigenvalue weighted by Crippen LogP contribution is 2.22. The molecular weight excluding hydrogens is 309 g/mol. The molecule has 19 heavy (non-hydrogen) atoms. The maximum absolute atomic E-state index is 11.5. The summed E-state index contributed by atoms with van der Waals surface area (Å²) < 4.78 is 5.02. The van der Waals surface area contributed by atoms with E-state index in [0.717, 1.165) is 5.56 Å². The highest BCUT2D eigenvalue weighted by atomic mass is 35.7. The van der Waals surface area contributed by atoms with Crippen LogP contribution in [0.3, 0.4) is 0 Å². The second-order valence-corrected chi connectivity index (χ2v) is 11.4. The molecule has 0 aromatic heterocycles. The third-order valence-electron chi connectivity index (χ3n) is 2.30. The predicted octanol–water partition coefficient (Wildman–Crippen LogP) is 2.86. The molecule has 0 saturated carbocycles. The van der Waals surface area contributed by atoms with E-state index < -0.39 is 23.8 Å². The van der Waals surface area contributed by atoms with Gasteiger partial charge in [-0.2, -0.15) is 0 Å². The number of nitrogens with zero attached hydrogens (tertiary/aromatic N) is 1. The van der Waals surface area contributed by atoms with Crippen LogP contribution >= 0.6 is 22.2 Å². The summed E-state index contributed by atoms with van der Waals surface area (Å²) in [4.78, 5) is 21.2. The van der Waals surface area contributed by atoms with Crippen LogP contribution in [0, 0.1) is 10.1 Å². The standard InChI is InChI=1S/C11H13Cl2NO4Si/c12-19(13,9-14(16)17)7-6-11(15)18-8-10-4-2-1-3-5-10/h1-5H,6-9H2. The van der Waals surface area contributed by atoms with Crippen molar-refractivity contribution in [3.05, 3.63) is 46.0 Å². The monoisotopic (exact) mass is 321 g/mol. The van der Waals surface area contributed by atoms with Crippen molar-refractivity contribution in [2.24, 2.45) is 0 Å². The van der Waals surface area contributed by atoms with E-state index in [1.807, 2.05) is 30.3 Å². The Bertz CT molecular complexity index is 442. The number of hydrogen-bond donors (Lipinski definition) is 0. The summed E-state index contributed by atoms with van der Waals surface area (Å²) in [6.45, 7) is -2.82. The molecule has 1 aromatic carbocycles. The highest BCUT2D eigenvalue weighted by Gasteiger charge is 2.35. The molecule has 1 rings (SSSR count). The van der Waals surface area contributed by atoms with Gasteiger partial charge in [0.2, 0.25) is 6.17 Å². The van der Waals surface area contributed by atoms with Gasteiger partial charge < -0.3 is 4.74 Å². The predicted molar refractivity (Wildman–Crippen MR) is 75.0 cm³/mol. The Balaban J connectivity index is 2.30. The summed E-state index contributed by atoms with van der Waals surface area (Å²) in [7, 11) is 0. The lowest BCUT2D eigenvalue weighted by atomic mass is 10.2. The first-order valence-corrected chi connectivity index (χ1v) is 10.0. The fourth-order valence-corrected chi connectivity index (χ4v) is 3.62. The van der Waals surface area contributed by atoms with Crippen LogP contribution in [0.2, 0.25) is 6.04 Å². The first kappa shape index (κ1) is 15.9. The minimum Gasteiger partial charge on any atom is -0.461 e. The number of hydrogen-bond acceptors (Lipinski definition) is 4. The summed E-state index contributed by atoms with van der Waals surface area (Å²) in [5, 5.41) is 10.3. The molecule has 0 fully saturated rings. The van der Waals surface area contributed by atoms with E-state index in [1.165, 1.54) is 0 Å². The second-order valence-electron chi connectivity index (χ2n) is 3.99. The van der Waals surface area contributed by atoms with Crippen molar-refractivity contribution in [3.63, 3.8) is 0 Å². The van der Waals surface area contributed by atoms with Gasteiger partial charge in [0.25, 0.3) is 0 Å². The number of carbonyl (C=O) groups excluding carboxylic acids is 1. The van der Waals surface area contributed by atoms with E-state index >= 15 is 0 Å². The van der Waals surface area contributed by atoms with Gasteiger partial charge in [0, 0.05) is 11.3 Å². The third kappa shape index (κ3) is 7.14. The van der Waals surface area contributed by atoms with Crippen LogP contribution in [0.1, 0.15) is 12.0 Å². The Labute approximate surface area is 121 Å². The Hall–Kier alpha value is -1.11. The van der Waals surface area contributed by atoms with Gasteiger partial charge in [0.05, 0.1) is 0 Å². The van der Waals surface area contributed by atoms with E-state index in [0.29, 0.717) is 0 Å². The van der Waals surface area contributed by atoms with Gasteiger partial charge in [-0.1, -0.05) is 30.3 Å². The molecule has 0 atom stereocenters. The largest absolute Gasteiger partial charge is 0.461 e. The molecule has 0 N–H and O–H groups in total. The van der Waals surface area contributed by atoms with Crippen LogP contribution in [0.4, 0.5) is 0 Å². The second kappa shape index (κ2) is 7.47. The zero-order chi connectivity index (χ0) is 14.3. The Morgan fingerprint density at radius 2 is 1.95 bits per heavy atom. The SMILES string of the molecule is O=C(CC[Si](Cl)(Cl)C[N+](=O)[O-])OCc1ccccc1. The van der Waals surface area contributed by atoms with Crippen molar-refractivity contribution in [1.82, 2.24) is 0 Å². The zero-order valence-electron chi connectivity index (χ0n) is 10.1. The molecular formula is C11H13Cl2NO4Si. The van der Waals surface area contributed by atoms with Gasteiger partial charge in [-0.05, 0) is 11.6 Å². The number of nitro groups is 1. The number of ether oxygens (including phenoxy) is 1. The topological polar surface area (TPSA) is 69.4 Å². The average Bonchev–Trinajstić information content (AvgIpc) is 2.34. The molecule has 1 aromatic rings. The summed E-state index contributed by atoms with van der Waals surface area (Å²) in [6.07, 6.45) is -0.470. The van der Waals surface area contributed by atoms with Crippen molar-refractivity contribution < 1.29 is 14.5 Å². The maximum Gasteiger partial charge on any atom is 0.327 e. The van der Waals surface area contributed by atoms with Crippen LogP contribution < -0.4 is 0 Å². The molecule has 0 aliphatic carbocycles. The quantitative estimate of drug-likeness (QED) is 0.254. The van der Waals surface area contributed by atoms with Crippen molar-refractivity contribution in [2.75, 3.05) is 6.17 Å². The number of rotatable bonds is 7. The van der Waals surface area contributed by atoms with Crippen LogP contribution in [0.5, 0.6) is 0 Å². The average molecular weight is 322 g/mol. The first-order valence-electron chi connectivity index (χ1n) is 5.58. The van der Waals surface area contributed by atoms with Crippen LogP contribution in [0.15, 0.2) is 30.3 Å². The summed E-state index contributed by atoms with van der Waals surface area (Å²) in [5.41, 5.74) is 0.876. The van der Waals surface area contributed by atoms with E-state index in [1.54, 1.807) is 0 Å². The third-order valence-corrected chi connectivity index (χ3v) is 5.85. The molecule has 5 nitrogen and oxygen atoms in total. The molecule has 0 saturated heterocycles. The van der Waals surface area contributed by atoms with Crippen molar-refractivity contribution >= 4 is 34.8 Å². The summed E-state index contributed by atoms with van der Waals surface area (Å²) >= 11 is 11.7. The normalized spacial score (nSPS) is 11.1. The van der Waals surface area contributed by atoms with Crippen LogP contribution in [-0.2, 0) is 16.1 Å². The van der Waals surface area contributed by atoms with Gasteiger partial charge in [-0.15, -0.1) is 22.2 Å². The van der Waals surface area contributed by atoms with E-state index in [-0.39, 0.29) is 19.1 Å².